The second kappa shape index (κ2) is 8.75. The van der Waals surface area contributed by atoms with E-state index in [2.05, 4.69) is 88.4 Å². The molecule has 0 unspecified atom stereocenters. The van der Waals surface area contributed by atoms with Crippen molar-refractivity contribution in [2.75, 3.05) is 0 Å². The summed E-state index contributed by atoms with van der Waals surface area (Å²) in [6, 6.07) is 21.0. The molecular weight excluding hydrogens is 368 g/mol. The Morgan fingerprint density at radius 2 is 1.65 bits per heavy atom. The molecular formula is C19H19BrN2S. The number of nitrogens with zero attached hydrogens (tertiary/aromatic N) is 2. The molecule has 0 atom stereocenters. The lowest BCUT2D eigenvalue weighted by Crippen LogP contribution is -3.00. The second-order valence-corrected chi connectivity index (χ2v) is 6.04. The van der Waals surface area contributed by atoms with E-state index in [9.17, 15) is 0 Å². The van der Waals surface area contributed by atoms with Crippen molar-refractivity contribution in [1.82, 2.24) is 4.57 Å². The quantitative estimate of drug-likeness (QED) is 0.603. The van der Waals surface area contributed by atoms with E-state index in [1.165, 1.54) is 15.6 Å². The van der Waals surface area contributed by atoms with Gasteiger partial charge in [-0.2, -0.15) is 4.57 Å². The number of rotatable bonds is 5. The van der Waals surface area contributed by atoms with Crippen molar-refractivity contribution in [3.63, 3.8) is 0 Å². The number of hydrogen-bond donors (Lipinski definition) is 0. The predicted octanol–water partition coefficient (Wildman–Crippen LogP) is 1.47. The average molecular weight is 387 g/mol. The van der Waals surface area contributed by atoms with Gasteiger partial charge in [0.1, 0.15) is 18.9 Å². The van der Waals surface area contributed by atoms with Crippen molar-refractivity contribution in [1.29, 1.82) is 0 Å². The molecule has 0 bridgehead atoms. The summed E-state index contributed by atoms with van der Waals surface area (Å²) in [4.78, 5) is 1.24. The number of benzene rings is 2. The van der Waals surface area contributed by atoms with Crippen molar-refractivity contribution < 1.29 is 21.5 Å². The molecule has 0 saturated heterocycles. The molecule has 4 heteroatoms. The third kappa shape index (κ3) is 4.60. The van der Waals surface area contributed by atoms with Gasteiger partial charge in [-0.25, -0.2) is 4.57 Å². The summed E-state index contributed by atoms with van der Waals surface area (Å²) in [5, 5.41) is 1.20. The van der Waals surface area contributed by atoms with Gasteiger partial charge in [-0.05, 0) is 42.5 Å². The van der Waals surface area contributed by atoms with E-state index in [1.54, 1.807) is 11.8 Å². The summed E-state index contributed by atoms with van der Waals surface area (Å²) < 4.78 is 4.45. The number of aromatic nitrogens is 2. The van der Waals surface area contributed by atoms with Gasteiger partial charge in [-0.1, -0.05) is 48.5 Å². The lowest BCUT2D eigenvalue weighted by molar-refractivity contribution is -0.724. The van der Waals surface area contributed by atoms with Crippen LogP contribution in [0.15, 0.2) is 89.2 Å². The lowest BCUT2D eigenvalue weighted by Gasteiger charge is -2.03. The normalized spacial score (nSPS) is 10.7. The molecule has 0 aliphatic rings. The van der Waals surface area contributed by atoms with Crippen LogP contribution < -0.4 is 21.5 Å². The first-order chi connectivity index (χ1) is 10.9. The molecule has 2 aromatic carbocycles. The Hall–Kier alpha value is -1.78. The van der Waals surface area contributed by atoms with Gasteiger partial charge in [0.15, 0.2) is 0 Å². The minimum Gasteiger partial charge on any atom is -1.00 e. The molecule has 1 heterocycles. The van der Waals surface area contributed by atoms with E-state index < -0.39 is 0 Å². The molecule has 0 aliphatic carbocycles. The zero-order valence-corrected chi connectivity index (χ0v) is 15.4. The molecule has 23 heavy (non-hydrogen) atoms. The Morgan fingerprint density at radius 3 is 2.30 bits per heavy atom. The Bertz CT molecular complexity index is 752. The summed E-state index contributed by atoms with van der Waals surface area (Å²) in [6.45, 7) is 2.92. The van der Waals surface area contributed by atoms with Gasteiger partial charge in [-0.15, -0.1) is 0 Å². The molecule has 1 aromatic heterocycles. The average Bonchev–Trinajstić information content (AvgIpc) is 2.92. The maximum atomic E-state index is 2.28. The largest absolute Gasteiger partial charge is 1.00 e. The van der Waals surface area contributed by atoms with E-state index >= 15 is 0 Å². The fourth-order valence-electron chi connectivity index (χ4n) is 2.31. The molecule has 0 saturated carbocycles. The first kappa shape index (κ1) is 17.6. The van der Waals surface area contributed by atoms with Gasteiger partial charge in [-0.3, -0.25) is 0 Å². The van der Waals surface area contributed by atoms with Crippen LogP contribution in [0.3, 0.4) is 0 Å². The van der Waals surface area contributed by atoms with Crippen LogP contribution in [0, 0.1) is 0 Å². The molecule has 2 nitrogen and oxygen atoms in total. The minimum atomic E-state index is 0. The summed E-state index contributed by atoms with van der Waals surface area (Å²) in [6.07, 6.45) is 8.39. The molecule has 0 fully saturated rings. The topological polar surface area (TPSA) is 8.81 Å². The minimum absolute atomic E-state index is 0. The van der Waals surface area contributed by atoms with Crippen LogP contribution in [0.5, 0.6) is 0 Å². The van der Waals surface area contributed by atoms with Gasteiger partial charge < -0.3 is 17.0 Å². The fraction of sp³-hybridized carbons (Fsp3) is 0.105. The highest BCUT2D eigenvalue weighted by Gasteiger charge is 2.17. The summed E-state index contributed by atoms with van der Waals surface area (Å²) >= 11 is 1.78. The smallest absolute Gasteiger partial charge is 0.327 e. The Morgan fingerprint density at radius 1 is 1.00 bits per heavy atom. The van der Waals surface area contributed by atoms with Gasteiger partial charge in [0.25, 0.3) is 0 Å². The van der Waals surface area contributed by atoms with Crippen LogP contribution in [0.25, 0.3) is 6.20 Å². The Balaban J connectivity index is 0.00000192. The number of halogens is 1. The van der Waals surface area contributed by atoms with Crippen molar-refractivity contribution >= 4 is 18.0 Å². The van der Waals surface area contributed by atoms with Gasteiger partial charge >= 0.3 is 5.16 Å². The van der Waals surface area contributed by atoms with Crippen LogP contribution in [-0.4, -0.2) is 4.57 Å². The predicted molar refractivity (Wildman–Crippen MR) is 91.7 cm³/mol. The molecule has 118 valence electrons. The van der Waals surface area contributed by atoms with Crippen LogP contribution in [0.2, 0.25) is 0 Å². The van der Waals surface area contributed by atoms with Crippen LogP contribution >= 0.6 is 11.8 Å². The maximum absolute atomic E-state index is 2.28. The van der Waals surface area contributed by atoms with Crippen LogP contribution in [-0.2, 0) is 6.54 Å². The Labute approximate surface area is 152 Å². The summed E-state index contributed by atoms with van der Waals surface area (Å²) in [5.41, 5.74) is 1.31. The van der Waals surface area contributed by atoms with E-state index in [0.29, 0.717) is 0 Å². The molecule has 0 aliphatic heterocycles. The van der Waals surface area contributed by atoms with Gasteiger partial charge in [0, 0.05) is 4.90 Å². The zero-order valence-electron chi connectivity index (χ0n) is 13.0. The van der Waals surface area contributed by atoms with E-state index in [4.69, 9.17) is 0 Å². The first-order valence-corrected chi connectivity index (χ1v) is 8.18. The van der Waals surface area contributed by atoms with Crippen LogP contribution in [0.4, 0.5) is 0 Å². The summed E-state index contributed by atoms with van der Waals surface area (Å²) in [7, 11) is 0. The third-order valence-corrected chi connectivity index (χ3v) is 4.47. The second-order valence-electron chi connectivity index (χ2n) is 5.00. The monoisotopic (exact) mass is 386 g/mol. The highest BCUT2D eigenvalue weighted by Crippen LogP contribution is 2.25. The molecule has 0 amide bonds. The number of allylic oxidation sites excluding steroid dienone is 1. The Kier molecular flexibility index (Phi) is 6.68. The highest BCUT2D eigenvalue weighted by atomic mass is 79.9. The molecule has 0 spiro atoms. The highest BCUT2D eigenvalue weighted by molar-refractivity contribution is 7.99. The van der Waals surface area contributed by atoms with E-state index in [0.717, 1.165) is 6.54 Å². The van der Waals surface area contributed by atoms with Crippen molar-refractivity contribution in [3.05, 3.63) is 84.7 Å². The van der Waals surface area contributed by atoms with Crippen molar-refractivity contribution in [2.24, 2.45) is 0 Å². The number of hydrogen-bond acceptors (Lipinski definition) is 1. The number of imidazole rings is 1. The third-order valence-electron chi connectivity index (χ3n) is 3.33. The molecule has 3 aromatic rings. The zero-order chi connectivity index (χ0) is 15.2. The van der Waals surface area contributed by atoms with Crippen LogP contribution in [0.1, 0.15) is 12.5 Å². The summed E-state index contributed by atoms with van der Waals surface area (Å²) in [5.74, 6) is 0. The first-order valence-electron chi connectivity index (χ1n) is 7.37. The van der Waals surface area contributed by atoms with Gasteiger partial charge in [0.2, 0.25) is 0 Å². The van der Waals surface area contributed by atoms with E-state index in [-0.39, 0.29) is 17.0 Å². The van der Waals surface area contributed by atoms with E-state index in [1.807, 2.05) is 13.0 Å². The van der Waals surface area contributed by atoms with Crippen molar-refractivity contribution in [2.45, 2.75) is 23.5 Å². The molecule has 3 rings (SSSR count). The standard InChI is InChI=1S/C19H19N2S.BrH/c1-2-13-20-14-15-21(16-17-9-5-3-6-10-17)19(20)22-18-11-7-4-8-12-18;/h2-15H,16H2,1H3;1H/q+1;/p-1/b13-2+;. The lowest BCUT2D eigenvalue weighted by atomic mass is 10.2. The molecule has 0 radical (unpaired) electrons. The SMILES string of the molecule is C/C=C/n1cc[n+](Cc2ccccc2)c1Sc1ccccc1.[Br-]. The molecule has 0 N–H and O–H groups in total. The van der Waals surface area contributed by atoms with Gasteiger partial charge in [0.05, 0.1) is 6.20 Å². The maximum Gasteiger partial charge on any atom is 0.327 e. The fourth-order valence-corrected chi connectivity index (χ4v) is 3.28. The van der Waals surface area contributed by atoms with Crippen molar-refractivity contribution in [3.8, 4) is 0 Å².